The molecule has 0 heterocycles. The van der Waals surface area contributed by atoms with Crippen LogP contribution in [0, 0.1) is 0 Å². The zero-order valence-corrected chi connectivity index (χ0v) is 10.2. The van der Waals surface area contributed by atoms with Gasteiger partial charge in [0, 0.05) is 5.02 Å². The lowest BCUT2D eigenvalue weighted by Gasteiger charge is -2.13. The Morgan fingerprint density at radius 3 is 2.61 bits per heavy atom. The van der Waals surface area contributed by atoms with Crippen LogP contribution in [0.25, 0.3) is 0 Å². The van der Waals surface area contributed by atoms with E-state index in [2.05, 4.69) is 4.74 Å². The van der Waals surface area contributed by atoms with Gasteiger partial charge >= 0.3 is 12.1 Å². The number of alkyl halides is 3. The molecular formula is C11H11ClF3NO2. The Bertz CT molecular complexity index is 448. The largest absolute Gasteiger partial charge is 0.468 e. The van der Waals surface area contributed by atoms with E-state index in [1.54, 1.807) is 0 Å². The molecule has 3 nitrogen and oxygen atoms in total. The summed E-state index contributed by atoms with van der Waals surface area (Å²) in [6.07, 6.45) is -4.58. The summed E-state index contributed by atoms with van der Waals surface area (Å²) < 4.78 is 41.9. The third-order valence-electron chi connectivity index (χ3n) is 2.32. The number of nitrogens with two attached hydrogens (primary N) is 1. The molecule has 0 saturated carbocycles. The fraction of sp³-hybridized carbons (Fsp3) is 0.364. The van der Waals surface area contributed by atoms with E-state index >= 15 is 0 Å². The first kappa shape index (κ1) is 14.8. The van der Waals surface area contributed by atoms with E-state index in [1.165, 1.54) is 0 Å². The van der Waals surface area contributed by atoms with E-state index in [0.717, 1.165) is 25.3 Å². The topological polar surface area (TPSA) is 52.3 Å². The van der Waals surface area contributed by atoms with Crippen molar-refractivity contribution in [1.82, 2.24) is 0 Å². The quantitative estimate of drug-likeness (QED) is 0.866. The van der Waals surface area contributed by atoms with Gasteiger partial charge in [-0.15, -0.1) is 0 Å². The van der Waals surface area contributed by atoms with Gasteiger partial charge in [0.05, 0.1) is 12.7 Å². The highest BCUT2D eigenvalue weighted by atomic mass is 35.5. The molecule has 1 aromatic carbocycles. The van der Waals surface area contributed by atoms with Gasteiger partial charge < -0.3 is 10.5 Å². The van der Waals surface area contributed by atoms with Crippen LogP contribution in [0.2, 0.25) is 5.02 Å². The molecule has 1 atom stereocenters. The molecule has 1 aromatic rings. The lowest BCUT2D eigenvalue weighted by Crippen LogP contribution is -2.33. The summed E-state index contributed by atoms with van der Waals surface area (Å²) in [6, 6.07) is 1.83. The molecule has 1 rings (SSSR count). The van der Waals surface area contributed by atoms with Gasteiger partial charge in [-0.25, -0.2) is 0 Å². The molecule has 0 saturated heterocycles. The van der Waals surface area contributed by atoms with Gasteiger partial charge in [-0.1, -0.05) is 11.6 Å². The molecule has 0 radical (unpaired) electrons. The number of methoxy groups -OCH3 is 1. The predicted octanol–water partition coefficient (Wildman–Crippen LogP) is 2.40. The van der Waals surface area contributed by atoms with Crippen molar-refractivity contribution in [1.29, 1.82) is 0 Å². The van der Waals surface area contributed by atoms with Crippen LogP contribution in [0.1, 0.15) is 11.1 Å². The van der Waals surface area contributed by atoms with E-state index in [0.29, 0.717) is 0 Å². The molecule has 0 aliphatic heterocycles. The maximum Gasteiger partial charge on any atom is 0.416 e. The molecular weight excluding hydrogens is 271 g/mol. The van der Waals surface area contributed by atoms with E-state index < -0.39 is 23.8 Å². The second-order valence-corrected chi connectivity index (χ2v) is 4.04. The summed E-state index contributed by atoms with van der Waals surface area (Å²) in [5.74, 6) is -0.705. The van der Waals surface area contributed by atoms with E-state index in [4.69, 9.17) is 17.3 Å². The van der Waals surface area contributed by atoms with Crippen LogP contribution >= 0.6 is 11.6 Å². The van der Waals surface area contributed by atoms with Crippen LogP contribution in [0.3, 0.4) is 0 Å². The molecule has 0 spiro atoms. The second kappa shape index (κ2) is 5.58. The normalized spacial score (nSPS) is 13.2. The van der Waals surface area contributed by atoms with Gasteiger partial charge in [-0.05, 0) is 30.2 Å². The van der Waals surface area contributed by atoms with Crippen molar-refractivity contribution in [3.8, 4) is 0 Å². The van der Waals surface area contributed by atoms with Crippen molar-refractivity contribution in [3.05, 3.63) is 34.3 Å². The number of benzene rings is 1. The Labute approximate surface area is 107 Å². The minimum atomic E-state index is -4.46. The van der Waals surface area contributed by atoms with Crippen LogP contribution < -0.4 is 5.73 Å². The van der Waals surface area contributed by atoms with Gasteiger partial charge in [0.25, 0.3) is 0 Å². The molecule has 0 unspecified atom stereocenters. The summed E-state index contributed by atoms with van der Waals surface area (Å²) in [4.78, 5) is 11.1. The molecule has 0 bridgehead atoms. The Hall–Kier alpha value is -1.27. The van der Waals surface area contributed by atoms with Gasteiger partial charge in [0.1, 0.15) is 6.04 Å². The Balaban J connectivity index is 2.98. The molecule has 7 heteroatoms. The molecule has 100 valence electrons. The van der Waals surface area contributed by atoms with Crippen molar-refractivity contribution >= 4 is 17.6 Å². The zero-order valence-electron chi connectivity index (χ0n) is 9.42. The van der Waals surface area contributed by atoms with Crippen molar-refractivity contribution < 1.29 is 22.7 Å². The fourth-order valence-corrected chi connectivity index (χ4v) is 1.57. The Morgan fingerprint density at radius 2 is 2.11 bits per heavy atom. The van der Waals surface area contributed by atoms with Gasteiger partial charge in [0.2, 0.25) is 0 Å². The van der Waals surface area contributed by atoms with Crippen LogP contribution in [0.15, 0.2) is 18.2 Å². The standard InChI is InChI=1S/C11H11ClF3NO2/c1-18-10(17)9(16)5-6-4-7(11(13,14)15)2-3-8(6)12/h2-4,9H,5,16H2,1H3/t9-/m1/s1. The predicted molar refractivity (Wildman–Crippen MR) is 60.1 cm³/mol. The van der Waals surface area contributed by atoms with Gasteiger partial charge in [-0.2, -0.15) is 13.2 Å². The number of esters is 1. The Morgan fingerprint density at radius 1 is 1.50 bits per heavy atom. The number of hydrogen-bond acceptors (Lipinski definition) is 3. The molecule has 0 fully saturated rings. The third-order valence-corrected chi connectivity index (χ3v) is 2.69. The SMILES string of the molecule is COC(=O)[C@H](N)Cc1cc(C(F)(F)F)ccc1Cl. The van der Waals surface area contributed by atoms with Crippen LogP contribution in [-0.4, -0.2) is 19.1 Å². The smallest absolute Gasteiger partial charge is 0.416 e. The number of carbonyl (C=O) groups is 1. The van der Waals surface area contributed by atoms with Crippen molar-refractivity contribution in [2.75, 3.05) is 7.11 Å². The van der Waals surface area contributed by atoms with E-state index in [9.17, 15) is 18.0 Å². The maximum absolute atomic E-state index is 12.5. The highest BCUT2D eigenvalue weighted by Crippen LogP contribution is 2.32. The number of halogens is 4. The number of rotatable bonds is 3. The first-order valence-electron chi connectivity index (χ1n) is 4.94. The van der Waals surface area contributed by atoms with Gasteiger partial charge in [-0.3, -0.25) is 4.79 Å². The fourth-order valence-electron chi connectivity index (χ4n) is 1.38. The third kappa shape index (κ3) is 3.61. The average molecular weight is 282 g/mol. The number of carbonyl (C=O) groups excluding carboxylic acids is 1. The summed E-state index contributed by atoms with van der Waals surface area (Å²) in [5.41, 5.74) is 4.80. The second-order valence-electron chi connectivity index (χ2n) is 3.64. The average Bonchev–Trinajstić information content (AvgIpc) is 2.29. The lowest BCUT2D eigenvalue weighted by atomic mass is 10.0. The highest BCUT2D eigenvalue weighted by molar-refractivity contribution is 6.31. The summed E-state index contributed by atoms with van der Waals surface area (Å²) in [7, 11) is 1.15. The lowest BCUT2D eigenvalue weighted by molar-refractivity contribution is -0.142. The minimum Gasteiger partial charge on any atom is -0.468 e. The summed E-state index contributed by atoms with van der Waals surface area (Å²) in [6.45, 7) is 0. The Kier molecular flexibility index (Phi) is 4.59. The van der Waals surface area contributed by atoms with Crippen molar-refractivity contribution in [2.45, 2.75) is 18.6 Å². The monoisotopic (exact) mass is 281 g/mol. The molecule has 0 amide bonds. The first-order valence-corrected chi connectivity index (χ1v) is 5.32. The zero-order chi connectivity index (χ0) is 13.9. The van der Waals surface area contributed by atoms with E-state index in [-0.39, 0.29) is 17.0 Å². The highest BCUT2D eigenvalue weighted by Gasteiger charge is 2.31. The number of hydrogen-bond donors (Lipinski definition) is 1. The van der Waals surface area contributed by atoms with Crippen molar-refractivity contribution in [2.24, 2.45) is 5.73 Å². The number of ether oxygens (including phenoxy) is 1. The van der Waals surface area contributed by atoms with Crippen LogP contribution in [0.4, 0.5) is 13.2 Å². The molecule has 0 aliphatic rings. The molecule has 0 aliphatic carbocycles. The molecule has 0 aromatic heterocycles. The van der Waals surface area contributed by atoms with Crippen molar-refractivity contribution in [3.63, 3.8) is 0 Å². The van der Waals surface area contributed by atoms with Gasteiger partial charge in [0.15, 0.2) is 0 Å². The van der Waals surface area contributed by atoms with Crippen LogP contribution in [-0.2, 0) is 22.1 Å². The summed E-state index contributed by atoms with van der Waals surface area (Å²) in [5, 5.41) is 0.127. The van der Waals surface area contributed by atoms with E-state index in [1.807, 2.05) is 0 Å². The summed E-state index contributed by atoms with van der Waals surface area (Å²) >= 11 is 5.76. The first-order chi connectivity index (χ1) is 8.25. The molecule has 18 heavy (non-hydrogen) atoms. The molecule has 2 N–H and O–H groups in total. The minimum absolute atomic E-state index is 0.116. The van der Waals surface area contributed by atoms with Crippen LogP contribution in [0.5, 0.6) is 0 Å². The maximum atomic E-state index is 12.5.